The van der Waals surface area contributed by atoms with Crippen LogP contribution in [0.4, 0.5) is 0 Å². The number of nitrogens with one attached hydrogen (secondary N) is 1. The Bertz CT molecular complexity index is 179. The molecule has 2 nitrogen and oxygen atoms in total. The van der Waals surface area contributed by atoms with Gasteiger partial charge in [0.2, 0.25) is 0 Å². The molecule has 0 aromatic heterocycles. The maximum absolute atomic E-state index is 9.60. The summed E-state index contributed by atoms with van der Waals surface area (Å²) >= 11 is 0. The highest BCUT2D eigenvalue weighted by Gasteiger charge is 2.47. The van der Waals surface area contributed by atoms with Crippen LogP contribution in [0.2, 0.25) is 0 Å². The van der Waals surface area contributed by atoms with Crippen LogP contribution in [0.15, 0.2) is 0 Å². The zero-order valence-corrected chi connectivity index (χ0v) is 10.0. The van der Waals surface area contributed by atoms with Gasteiger partial charge in [0.05, 0.1) is 6.10 Å². The number of hydrogen-bond donors (Lipinski definition) is 2. The van der Waals surface area contributed by atoms with Crippen LogP contribution < -0.4 is 5.32 Å². The Hall–Kier alpha value is -0.0800. The van der Waals surface area contributed by atoms with Crippen LogP contribution >= 0.6 is 0 Å². The molecule has 0 bridgehead atoms. The van der Waals surface area contributed by atoms with Crippen molar-refractivity contribution in [2.75, 3.05) is 0 Å². The van der Waals surface area contributed by atoms with Gasteiger partial charge in [-0.05, 0) is 19.8 Å². The average Bonchev–Trinajstić information content (AvgIpc) is 2.14. The lowest BCUT2D eigenvalue weighted by atomic mass is 9.64. The van der Waals surface area contributed by atoms with Gasteiger partial charge >= 0.3 is 0 Å². The second kappa shape index (κ2) is 4.63. The highest BCUT2D eigenvalue weighted by molar-refractivity contribution is 5.02. The molecule has 1 fully saturated rings. The van der Waals surface area contributed by atoms with E-state index >= 15 is 0 Å². The summed E-state index contributed by atoms with van der Waals surface area (Å²) in [5.41, 5.74) is 0.0699. The Morgan fingerprint density at radius 3 is 2.57 bits per heavy atom. The van der Waals surface area contributed by atoms with E-state index in [4.69, 9.17) is 0 Å². The quantitative estimate of drug-likeness (QED) is 0.712. The van der Waals surface area contributed by atoms with E-state index in [0.29, 0.717) is 12.1 Å². The molecule has 0 aromatic rings. The minimum Gasteiger partial charge on any atom is -0.392 e. The van der Waals surface area contributed by atoms with Gasteiger partial charge in [-0.25, -0.2) is 0 Å². The van der Waals surface area contributed by atoms with Crippen molar-refractivity contribution in [1.29, 1.82) is 0 Å². The first kappa shape index (κ1) is 12.0. The maximum atomic E-state index is 9.60. The lowest BCUT2D eigenvalue weighted by Gasteiger charge is -2.50. The van der Waals surface area contributed by atoms with E-state index in [9.17, 15) is 5.11 Å². The van der Waals surface area contributed by atoms with E-state index in [-0.39, 0.29) is 11.5 Å². The molecule has 3 unspecified atom stereocenters. The molecule has 0 aromatic carbocycles. The van der Waals surface area contributed by atoms with Gasteiger partial charge in [-0.2, -0.15) is 0 Å². The molecule has 1 saturated carbocycles. The van der Waals surface area contributed by atoms with Crippen molar-refractivity contribution >= 4 is 0 Å². The standard InChI is InChI=1S/C12H25NO/c1-5-6-7-9(2)13-10-8-11(14)12(10,3)4/h9-11,13-14H,5-8H2,1-4H3. The second-order valence-corrected chi connectivity index (χ2v) is 5.34. The summed E-state index contributed by atoms with van der Waals surface area (Å²) in [6.07, 6.45) is 4.62. The molecule has 2 N–H and O–H groups in total. The third-order valence-electron chi connectivity index (χ3n) is 3.69. The number of aliphatic hydroxyl groups excluding tert-OH is 1. The minimum atomic E-state index is -0.113. The van der Waals surface area contributed by atoms with Crippen LogP contribution in [0.3, 0.4) is 0 Å². The monoisotopic (exact) mass is 199 g/mol. The lowest BCUT2D eigenvalue weighted by Crippen LogP contribution is -2.61. The van der Waals surface area contributed by atoms with Crippen molar-refractivity contribution in [3.63, 3.8) is 0 Å². The zero-order valence-electron chi connectivity index (χ0n) is 10.0. The van der Waals surface area contributed by atoms with Crippen LogP contribution in [0.5, 0.6) is 0 Å². The molecule has 0 heterocycles. The fourth-order valence-electron chi connectivity index (χ4n) is 2.12. The molecule has 1 aliphatic rings. The number of hydrogen-bond acceptors (Lipinski definition) is 2. The van der Waals surface area contributed by atoms with E-state index in [1.165, 1.54) is 19.3 Å². The SMILES string of the molecule is CCCCC(C)NC1CC(O)C1(C)C. The Morgan fingerprint density at radius 1 is 1.50 bits per heavy atom. The van der Waals surface area contributed by atoms with Crippen molar-refractivity contribution in [3.05, 3.63) is 0 Å². The highest BCUT2D eigenvalue weighted by atomic mass is 16.3. The smallest absolute Gasteiger partial charge is 0.0621 e. The maximum Gasteiger partial charge on any atom is 0.0621 e. The van der Waals surface area contributed by atoms with Gasteiger partial charge in [-0.1, -0.05) is 33.6 Å². The molecule has 0 radical (unpaired) electrons. The van der Waals surface area contributed by atoms with Gasteiger partial charge in [0.15, 0.2) is 0 Å². The summed E-state index contributed by atoms with van der Waals surface area (Å²) < 4.78 is 0. The van der Waals surface area contributed by atoms with Crippen molar-refractivity contribution in [2.45, 2.75) is 71.6 Å². The molecule has 0 aliphatic heterocycles. The molecular weight excluding hydrogens is 174 g/mol. The Labute approximate surface area is 88.1 Å². The van der Waals surface area contributed by atoms with Crippen LogP contribution in [-0.2, 0) is 0 Å². The van der Waals surface area contributed by atoms with Gasteiger partial charge in [0.1, 0.15) is 0 Å². The predicted octanol–water partition coefficient (Wildman–Crippen LogP) is 2.31. The molecule has 0 saturated heterocycles. The number of unbranched alkanes of at least 4 members (excludes halogenated alkanes) is 1. The highest BCUT2D eigenvalue weighted by Crippen LogP contribution is 2.40. The van der Waals surface area contributed by atoms with Crippen LogP contribution in [0, 0.1) is 5.41 Å². The Kier molecular flexibility index (Phi) is 3.96. The number of rotatable bonds is 5. The topological polar surface area (TPSA) is 32.3 Å². The van der Waals surface area contributed by atoms with Crippen LogP contribution in [0.25, 0.3) is 0 Å². The van der Waals surface area contributed by atoms with Crippen LogP contribution in [-0.4, -0.2) is 23.3 Å². The normalized spacial score (nSPS) is 32.4. The summed E-state index contributed by atoms with van der Waals surface area (Å²) in [5, 5.41) is 13.2. The molecule has 3 atom stereocenters. The van der Waals surface area contributed by atoms with E-state index in [2.05, 4.69) is 33.0 Å². The molecule has 0 spiro atoms. The van der Waals surface area contributed by atoms with E-state index in [1.54, 1.807) is 0 Å². The first-order valence-electron chi connectivity index (χ1n) is 5.92. The van der Waals surface area contributed by atoms with E-state index in [1.807, 2.05) is 0 Å². The summed E-state index contributed by atoms with van der Waals surface area (Å²) in [6.45, 7) is 8.76. The molecule has 1 rings (SSSR count). The zero-order chi connectivity index (χ0) is 10.8. The van der Waals surface area contributed by atoms with Gasteiger partial charge in [-0.15, -0.1) is 0 Å². The average molecular weight is 199 g/mol. The molecule has 1 aliphatic carbocycles. The molecule has 2 heteroatoms. The lowest BCUT2D eigenvalue weighted by molar-refractivity contribution is -0.0755. The summed E-state index contributed by atoms with van der Waals surface area (Å²) in [4.78, 5) is 0. The van der Waals surface area contributed by atoms with Gasteiger partial charge in [0, 0.05) is 17.5 Å². The summed E-state index contributed by atoms with van der Waals surface area (Å²) in [5.74, 6) is 0. The van der Waals surface area contributed by atoms with E-state index in [0.717, 1.165) is 6.42 Å². The molecular formula is C12H25NO. The Balaban J connectivity index is 2.25. The van der Waals surface area contributed by atoms with Gasteiger partial charge < -0.3 is 10.4 Å². The van der Waals surface area contributed by atoms with Crippen molar-refractivity contribution in [2.24, 2.45) is 5.41 Å². The van der Waals surface area contributed by atoms with Crippen molar-refractivity contribution in [3.8, 4) is 0 Å². The summed E-state index contributed by atoms with van der Waals surface area (Å²) in [7, 11) is 0. The van der Waals surface area contributed by atoms with Gasteiger partial charge in [-0.3, -0.25) is 0 Å². The van der Waals surface area contributed by atoms with Crippen LogP contribution in [0.1, 0.15) is 53.4 Å². The first-order chi connectivity index (χ1) is 6.48. The number of aliphatic hydroxyl groups is 1. The third-order valence-corrected chi connectivity index (χ3v) is 3.69. The van der Waals surface area contributed by atoms with E-state index < -0.39 is 0 Å². The van der Waals surface area contributed by atoms with Gasteiger partial charge in [0.25, 0.3) is 0 Å². The molecule has 84 valence electrons. The van der Waals surface area contributed by atoms with Crippen molar-refractivity contribution in [1.82, 2.24) is 5.32 Å². The minimum absolute atomic E-state index is 0.0699. The van der Waals surface area contributed by atoms with Crippen molar-refractivity contribution < 1.29 is 5.11 Å². The molecule has 14 heavy (non-hydrogen) atoms. The summed E-state index contributed by atoms with van der Waals surface area (Å²) in [6, 6.07) is 1.09. The molecule has 0 amide bonds. The fourth-order valence-corrected chi connectivity index (χ4v) is 2.12. The third kappa shape index (κ3) is 2.48. The fraction of sp³-hybridized carbons (Fsp3) is 1.00. The largest absolute Gasteiger partial charge is 0.392 e. The second-order valence-electron chi connectivity index (χ2n) is 5.34. The first-order valence-corrected chi connectivity index (χ1v) is 5.92. The predicted molar refractivity (Wildman–Crippen MR) is 60.3 cm³/mol. The Morgan fingerprint density at radius 2 is 2.14 bits per heavy atom.